The van der Waals surface area contributed by atoms with Gasteiger partial charge in [-0.15, -0.1) is 12.4 Å². The van der Waals surface area contributed by atoms with Crippen LogP contribution in [0.1, 0.15) is 48.0 Å². The van der Waals surface area contributed by atoms with Gasteiger partial charge in [-0.1, -0.05) is 12.5 Å². The number of hydrogen-bond donors (Lipinski definition) is 2. The molecule has 1 unspecified atom stereocenters. The van der Waals surface area contributed by atoms with Crippen LogP contribution in [-0.4, -0.2) is 44.3 Å². The first-order chi connectivity index (χ1) is 11.9. The van der Waals surface area contributed by atoms with E-state index in [0.29, 0.717) is 31.1 Å². The average molecular weight is 402 g/mol. The molecule has 1 aliphatic carbocycles. The van der Waals surface area contributed by atoms with Crippen LogP contribution in [0.25, 0.3) is 0 Å². The third kappa shape index (κ3) is 4.76. The predicted molar refractivity (Wildman–Crippen MR) is 104 cm³/mol. The molecule has 1 saturated carbocycles. The summed E-state index contributed by atoms with van der Waals surface area (Å²) in [5, 5.41) is 2.85. The molecule has 1 aromatic rings. The van der Waals surface area contributed by atoms with E-state index in [1.54, 1.807) is 12.1 Å². The Balaban J connectivity index is 0.00000243. The lowest BCUT2D eigenvalue weighted by molar-refractivity contribution is 0.0949. The number of benzene rings is 1. The second kappa shape index (κ2) is 8.69. The van der Waals surface area contributed by atoms with Crippen molar-refractivity contribution in [2.75, 3.05) is 19.6 Å². The number of carbonyl (C=O) groups excluding carboxylic acids is 1. The minimum atomic E-state index is -3.54. The molecular weight excluding hydrogens is 374 g/mol. The molecule has 1 saturated heterocycles. The molecule has 0 bridgehead atoms. The van der Waals surface area contributed by atoms with Gasteiger partial charge in [0.25, 0.3) is 5.91 Å². The Hall–Kier alpha value is -1.15. The van der Waals surface area contributed by atoms with E-state index in [4.69, 9.17) is 5.73 Å². The number of nitrogens with two attached hydrogens (primary N) is 1. The summed E-state index contributed by atoms with van der Waals surface area (Å²) in [6, 6.07) is 4.76. The molecule has 0 radical (unpaired) electrons. The number of nitrogens with one attached hydrogen (secondary N) is 1. The van der Waals surface area contributed by atoms with Gasteiger partial charge in [0.15, 0.2) is 0 Å². The Bertz CT molecular complexity index is 744. The molecule has 3 N–H and O–H groups in total. The zero-order valence-corrected chi connectivity index (χ0v) is 16.7. The highest BCUT2D eigenvalue weighted by molar-refractivity contribution is 7.89. The molecule has 146 valence electrons. The van der Waals surface area contributed by atoms with Crippen molar-refractivity contribution >= 4 is 28.3 Å². The Kier molecular flexibility index (Phi) is 7.07. The number of hydrogen-bond acceptors (Lipinski definition) is 4. The summed E-state index contributed by atoms with van der Waals surface area (Å²) in [6.45, 7) is 3.33. The molecule has 8 heteroatoms. The Morgan fingerprint density at radius 2 is 1.92 bits per heavy atom. The molecule has 0 spiro atoms. The van der Waals surface area contributed by atoms with Crippen molar-refractivity contribution in [2.24, 2.45) is 11.7 Å². The smallest absolute Gasteiger partial charge is 0.251 e. The minimum Gasteiger partial charge on any atom is -0.350 e. The van der Waals surface area contributed by atoms with Crippen molar-refractivity contribution in [3.63, 3.8) is 0 Å². The SMILES string of the molecule is Cc1ccc(S(=O)(=O)N2CCCCC2)cc1C(=O)NCC(N)C1CC1.Cl. The van der Waals surface area contributed by atoms with Crippen molar-refractivity contribution < 1.29 is 13.2 Å². The highest BCUT2D eigenvalue weighted by Crippen LogP contribution is 2.31. The zero-order chi connectivity index (χ0) is 18.0. The van der Waals surface area contributed by atoms with E-state index in [9.17, 15) is 13.2 Å². The Morgan fingerprint density at radius 1 is 1.27 bits per heavy atom. The van der Waals surface area contributed by atoms with Gasteiger partial charge in [0.05, 0.1) is 4.90 Å². The van der Waals surface area contributed by atoms with Crippen LogP contribution in [0, 0.1) is 12.8 Å². The second-order valence-corrected chi connectivity index (χ2v) is 9.09. The maximum Gasteiger partial charge on any atom is 0.251 e. The second-order valence-electron chi connectivity index (χ2n) is 7.15. The monoisotopic (exact) mass is 401 g/mol. The lowest BCUT2D eigenvalue weighted by atomic mass is 10.1. The number of amides is 1. The van der Waals surface area contributed by atoms with E-state index in [2.05, 4.69) is 5.32 Å². The van der Waals surface area contributed by atoms with Gasteiger partial charge in [-0.05, 0) is 56.2 Å². The molecule has 2 fully saturated rings. The van der Waals surface area contributed by atoms with Crippen LogP contribution in [0.5, 0.6) is 0 Å². The van der Waals surface area contributed by atoms with E-state index >= 15 is 0 Å². The molecule has 0 aromatic heterocycles. The molecule has 3 rings (SSSR count). The zero-order valence-electron chi connectivity index (χ0n) is 15.1. The van der Waals surface area contributed by atoms with Crippen LogP contribution < -0.4 is 11.1 Å². The maximum atomic E-state index is 12.8. The lowest BCUT2D eigenvalue weighted by Gasteiger charge is -2.26. The van der Waals surface area contributed by atoms with Gasteiger partial charge in [0.2, 0.25) is 10.0 Å². The molecule has 1 atom stereocenters. The normalized spacial score (nSPS) is 19.5. The number of sulfonamides is 1. The summed E-state index contributed by atoms with van der Waals surface area (Å²) >= 11 is 0. The van der Waals surface area contributed by atoms with Crippen LogP contribution in [0.3, 0.4) is 0 Å². The van der Waals surface area contributed by atoms with E-state index in [1.165, 1.54) is 10.4 Å². The van der Waals surface area contributed by atoms with Crippen LogP contribution in [0.15, 0.2) is 23.1 Å². The molecular formula is C18H28ClN3O3S. The summed E-state index contributed by atoms with van der Waals surface area (Å²) in [5.41, 5.74) is 7.19. The summed E-state index contributed by atoms with van der Waals surface area (Å²) < 4.78 is 27.1. The first kappa shape index (κ1) is 21.2. The van der Waals surface area contributed by atoms with E-state index in [1.807, 2.05) is 6.92 Å². The third-order valence-electron chi connectivity index (χ3n) is 5.13. The standard InChI is InChI=1S/C18H27N3O3S.ClH/c1-13-5-8-15(25(23,24)21-9-3-2-4-10-21)11-16(13)18(22)20-12-17(19)14-6-7-14;/h5,8,11,14,17H,2-4,6-7,9-10,12,19H2,1H3,(H,20,22);1H. The van der Waals surface area contributed by atoms with Gasteiger partial charge >= 0.3 is 0 Å². The number of nitrogens with zero attached hydrogens (tertiary/aromatic N) is 1. The van der Waals surface area contributed by atoms with Crippen LogP contribution in [-0.2, 0) is 10.0 Å². The molecule has 1 amide bonds. The molecule has 26 heavy (non-hydrogen) atoms. The van der Waals surface area contributed by atoms with Crippen LogP contribution >= 0.6 is 12.4 Å². The van der Waals surface area contributed by atoms with Crippen molar-refractivity contribution in [1.82, 2.24) is 9.62 Å². The largest absolute Gasteiger partial charge is 0.350 e. The quantitative estimate of drug-likeness (QED) is 0.763. The number of carbonyl (C=O) groups is 1. The fourth-order valence-corrected chi connectivity index (χ4v) is 4.80. The molecule has 2 aliphatic rings. The Labute approximate surface area is 162 Å². The predicted octanol–water partition coefficient (Wildman–Crippen LogP) is 2.06. The van der Waals surface area contributed by atoms with Crippen molar-refractivity contribution in [2.45, 2.75) is 50.0 Å². The number of piperidine rings is 1. The van der Waals surface area contributed by atoms with Gasteiger partial charge in [-0.3, -0.25) is 4.79 Å². The highest BCUT2D eigenvalue weighted by Gasteiger charge is 2.29. The van der Waals surface area contributed by atoms with E-state index < -0.39 is 10.0 Å². The summed E-state index contributed by atoms with van der Waals surface area (Å²) in [4.78, 5) is 12.7. The lowest BCUT2D eigenvalue weighted by Crippen LogP contribution is -2.39. The van der Waals surface area contributed by atoms with Gasteiger partial charge in [-0.25, -0.2) is 8.42 Å². The molecule has 6 nitrogen and oxygen atoms in total. The van der Waals surface area contributed by atoms with Crippen molar-refractivity contribution in [1.29, 1.82) is 0 Å². The first-order valence-electron chi connectivity index (χ1n) is 9.04. The number of rotatable bonds is 6. The van der Waals surface area contributed by atoms with Gasteiger partial charge in [0.1, 0.15) is 0 Å². The van der Waals surface area contributed by atoms with Crippen LogP contribution in [0.2, 0.25) is 0 Å². The fourth-order valence-electron chi connectivity index (χ4n) is 3.26. The first-order valence-corrected chi connectivity index (χ1v) is 10.5. The van der Waals surface area contributed by atoms with Crippen molar-refractivity contribution in [3.8, 4) is 0 Å². The van der Waals surface area contributed by atoms with Gasteiger partial charge in [-0.2, -0.15) is 4.31 Å². The molecule has 1 aliphatic heterocycles. The summed E-state index contributed by atoms with van der Waals surface area (Å²) in [7, 11) is -3.54. The van der Waals surface area contributed by atoms with Crippen molar-refractivity contribution in [3.05, 3.63) is 29.3 Å². The topological polar surface area (TPSA) is 92.5 Å². The maximum absolute atomic E-state index is 12.8. The molecule has 1 heterocycles. The fraction of sp³-hybridized carbons (Fsp3) is 0.611. The summed E-state index contributed by atoms with van der Waals surface area (Å²) in [6.07, 6.45) is 5.09. The highest BCUT2D eigenvalue weighted by atomic mass is 35.5. The van der Waals surface area contributed by atoms with Gasteiger partial charge in [0, 0.05) is 31.2 Å². The van der Waals surface area contributed by atoms with Crippen LogP contribution in [0.4, 0.5) is 0 Å². The summed E-state index contributed by atoms with van der Waals surface area (Å²) in [5.74, 6) is 0.247. The third-order valence-corrected chi connectivity index (χ3v) is 7.03. The number of halogens is 1. The van der Waals surface area contributed by atoms with E-state index in [-0.39, 0.29) is 29.3 Å². The minimum absolute atomic E-state index is 0. The van der Waals surface area contributed by atoms with Gasteiger partial charge < -0.3 is 11.1 Å². The molecule has 1 aromatic carbocycles. The number of aryl methyl sites for hydroxylation is 1. The Morgan fingerprint density at radius 3 is 2.54 bits per heavy atom. The average Bonchev–Trinajstić information content (AvgIpc) is 3.45. The van der Waals surface area contributed by atoms with E-state index in [0.717, 1.165) is 37.7 Å².